The zero-order chi connectivity index (χ0) is 27.9. The fourth-order valence-electron chi connectivity index (χ4n) is 4.08. The van der Waals surface area contributed by atoms with Crippen molar-refractivity contribution in [2.24, 2.45) is 0 Å². The molecule has 0 unspecified atom stereocenters. The number of benzene rings is 3. The lowest BCUT2D eigenvalue weighted by molar-refractivity contribution is -0.140. The van der Waals surface area contributed by atoms with Gasteiger partial charge in [0.1, 0.15) is 12.6 Å². The van der Waals surface area contributed by atoms with Gasteiger partial charge in [-0.25, -0.2) is 8.42 Å². The smallest absolute Gasteiger partial charge is 0.264 e. The predicted molar refractivity (Wildman–Crippen MR) is 152 cm³/mol. The molecule has 2 amide bonds. The van der Waals surface area contributed by atoms with E-state index < -0.39 is 28.5 Å². The highest BCUT2D eigenvalue weighted by molar-refractivity contribution is 7.92. The zero-order valence-electron chi connectivity index (χ0n) is 22.1. The third-order valence-electron chi connectivity index (χ3n) is 6.21. The Hall–Kier alpha value is -3.36. The van der Waals surface area contributed by atoms with E-state index in [4.69, 9.17) is 11.6 Å². The molecular weight excluding hydrogens is 522 g/mol. The Bertz CT molecular complexity index is 1340. The molecule has 9 heteroatoms. The molecule has 0 bridgehead atoms. The van der Waals surface area contributed by atoms with Crippen molar-refractivity contribution in [3.63, 3.8) is 0 Å². The van der Waals surface area contributed by atoms with Gasteiger partial charge in [0.2, 0.25) is 11.8 Å². The molecular formula is C29H34ClN3O4S. The van der Waals surface area contributed by atoms with Gasteiger partial charge in [0.05, 0.1) is 10.6 Å². The largest absolute Gasteiger partial charge is 0.355 e. The second-order valence-electron chi connectivity index (χ2n) is 9.13. The van der Waals surface area contributed by atoms with Crippen LogP contribution in [0.1, 0.15) is 37.0 Å². The Balaban J connectivity index is 2.04. The number of aryl methyl sites for hydroxylation is 2. The number of amides is 2. The van der Waals surface area contributed by atoms with Crippen LogP contribution in [0.5, 0.6) is 0 Å². The molecule has 0 saturated carbocycles. The third kappa shape index (κ3) is 7.14. The van der Waals surface area contributed by atoms with Crippen LogP contribution in [-0.4, -0.2) is 44.3 Å². The molecule has 0 fully saturated rings. The monoisotopic (exact) mass is 555 g/mol. The van der Waals surface area contributed by atoms with Crippen LogP contribution in [0.4, 0.5) is 5.69 Å². The molecule has 0 aliphatic rings. The number of rotatable bonds is 11. The number of nitrogens with one attached hydrogen (secondary N) is 1. The van der Waals surface area contributed by atoms with Gasteiger partial charge in [0, 0.05) is 18.1 Å². The summed E-state index contributed by atoms with van der Waals surface area (Å²) in [7, 11) is -4.13. The van der Waals surface area contributed by atoms with Crippen LogP contribution in [0.15, 0.2) is 77.7 Å². The van der Waals surface area contributed by atoms with Crippen molar-refractivity contribution < 1.29 is 18.0 Å². The first-order valence-electron chi connectivity index (χ1n) is 12.5. The fourth-order valence-corrected chi connectivity index (χ4v) is 5.62. The van der Waals surface area contributed by atoms with E-state index >= 15 is 0 Å². The Morgan fingerprint density at radius 1 is 0.868 bits per heavy atom. The first kappa shape index (κ1) is 29.2. The lowest BCUT2D eigenvalue weighted by Gasteiger charge is -2.33. The van der Waals surface area contributed by atoms with E-state index in [9.17, 15) is 18.0 Å². The van der Waals surface area contributed by atoms with Crippen LogP contribution in [0.3, 0.4) is 0 Å². The van der Waals surface area contributed by atoms with Gasteiger partial charge in [0.25, 0.3) is 10.0 Å². The van der Waals surface area contributed by atoms with Crippen molar-refractivity contribution in [1.29, 1.82) is 0 Å². The number of halogens is 1. The zero-order valence-corrected chi connectivity index (χ0v) is 23.7. The number of hydrogen-bond donors (Lipinski definition) is 1. The lowest BCUT2D eigenvalue weighted by Crippen LogP contribution is -2.52. The minimum absolute atomic E-state index is 0.0103. The van der Waals surface area contributed by atoms with Crippen molar-refractivity contribution in [3.8, 4) is 0 Å². The average molecular weight is 556 g/mol. The minimum atomic E-state index is -4.13. The fraction of sp³-hybridized carbons (Fsp3) is 0.310. The van der Waals surface area contributed by atoms with Gasteiger partial charge < -0.3 is 10.2 Å². The second kappa shape index (κ2) is 12.9. The van der Waals surface area contributed by atoms with Gasteiger partial charge in [-0.1, -0.05) is 66.0 Å². The summed E-state index contributed by atoms with van der Waals surface area (Å²) in [5, 5.41) is 3.20. The number of likely N-dealkylation sites (N-methyl/N-ethyl adjacent to an activating group) is 1. The molecule has 1 atom stereocenters. The standard InChI is InChI=1S/C29H34ClN3O4S/c1-5-27(29(35)31-6-2)32(19-23-11-7-21(3)8-12-23)28(34)20-33(25-15-9-22(4)10-16-25)38(36,37)26-17-13-24(30)14-18-26/h7-18,27H,5-6,19-20H2,1-4H3,(H,31,35)/t27-/m1/s1. The average Bonchev–Trinajstić information content (AvgIpc) is 2.89. The van der Waals surface area contributed by atoms with Crippen LogP contribution in [0.2, 0.25) is 5.02 Å². The molecule has 3 aromatic rings. The minimum Gasteiger partial charge on any atom is -0.355 e. The van der Waals surface area contributed by atoms with Gasteiger partial charge >= 0.3 is 0 Å². The summed E-state index contributed by atoms with van der Waals surface area (Å²) in [4.78, 5) is 28.4. The van der Waals surface area contributed by atoms with Gasteiger partial charge in [-0.3, -0.25) is 13.9 Å². The molecule has 0 aromatic heterocycles. The van der Waals surface area contributed by atoms with Crippen LogP contribution in [0.25, 0.3) is 0 Å². The Labute approximate surface area is 230 Å². The molecule has 3 aromatic carbocycles. The SMILES string of the molecule is CCNC(=O)[C@@H](CC)N(Cc1ccc(C)cc1)C(=O)CN(c1ccc(C)cc1)S(=O)(=O)c1ccc(Cl)cc1. The highest BCUT2D eigenvalue weighted by Gasteiger charge is 2.33. The number of sulfonamides is 1. The Morgan fingerprint density at radius 3 is 1.95 bits per heavy atom. The van der Waals surface area contributed by atoms with Crippen molar-refractivity contribution in [1.82, 2.24) is 10.2 Å². The molecule has 38 heavy (non-hydrogen) atoms. The maximum Gasteiger partial charge on any atom is 0.264 e. The summed E-state index contributed by atoms with van der Waals surface area (Å²) in [6.07, 6.45) is 0.373. The molecule has 0 saturated heterocycles. The molecule has 202 valence electrons. The summed E-state index contributed by atoms with van der Waals surface area (Å²) >= 11 is 5.99. The van der Waals surface area contributed by atoms with Crippen LogP contribution >= 0.6 is 11.6 Å². The summed E-state index contributed by atoms with van der Waals surface area (Å²) in [5.74, 6) is -0.764. The van der Waals surface area contributed by atoms with Crippen LogP contribution in [-0.2, 0) is 26.2 Å². The molecule has 0 heterocycles. The first-order chi connectivity index (χ1) is 18.1. The van der Waals surface area contributed by atoms with E-state index in [0.29, 0.717) is 23.7 Å². The van der Waals surface area contributed by atoms with Crippen molar-refractivity contribution >= 4 is 39.1 Å². The maximum atomic E-state index is 13.9. The van der Waals surface area contributed by atoms with Gasteiger partial charge in [-0.15, -0.1) is 0 Å². The van der Waals surface area contributed by atoms with E-state index in [1.54, 1.807) is 24.3 Å². The number of carbonyl (C=O) groups is 2. The second-order valence-corrected chi connectivity index (χ2v) is 11.4. The Kier molecular flexibility index (Phi) is 9.94. The molecule has 0 aliphatic heterocycles. The number of hydrogen-bond acceptors (Lipinski definition) is 4. The van der Waals surface area contributed by atoms with Gasteiger partial charge in [0.15, 0.2) is 0 Å². The lowest BCUT2D eigenvalue weighted by atomic mass is 10.1. The van der Waals surface area contributed by atoms with E-state index in [-0.39, 0.29) is 17.3 Å². The summed E-state index contributed by atoms with van der Waals surface area (Å²) in [6.45, 7) is 7.62. The molecule has 0 radical (unpaired) electrons. The molecule has 0 spiro atoms. The third-order valence-corrected chi connectivity index (χ3v) is 8.25. The number of nitrogens with zero attached hydrogens (tertiary/aromatic N) is 2. The van der Waals surface area contributed by atoms with Gasteiger partial charge in [-0.2, -0.15) is 0 Å². The topological polar surface area (TPSA) is 86.8 Å². The normalized spacial score (nSPS) is 12.0. The summed E-state index contributed by atoms with van der Waals surface area (Å²) in [6, 6.07) is 19.7. The summed E-state index contributed by atoms with van der Waals surface area (Å²) < 4.78 is 28.7. The van der Waals surface area contributed by atoms with Gasteiger partial charge in [-0.05, 0) is 69.2 Å². The molecule has 7 nitrogen and oxygen atoms in total. The van der Waals surface area contributed by atoms with E-state index in [2.05, 4.69) is 5.32 Å². The highest BCUT2D eigenvalue weighted by atomic mass is 35.5. The molecule has 1 N–H and O–H groups in total. The Morgan fingerprint density at radius 2 is 1.42 bits per heavy atom. The highest BCUT2D eigenvalue weighted by Crippen LogP contribution is 2.26. The first-order valence-corrected chi connectivity index (χ1v) is 14.4. The van der Waals surface area contributed by atoms with Crippen molar-refractivity contribution in [2.75, 3.05) is 17.4 Å². The van der Waals surface area contributed by atoms with Crippen LogP contribution < -0.4 is 9.62 Å². The maximum absolute atomic E-state index is 13.9. The van der Waals surface area contributed by atoms with E-state index in [1.807, 2.05) is 52.0 Å². The van der Waals surface area contributed by atoms with E-state index in [1.165, 1.54) is 29.2 Å². The number of carbonyl (C=O) groups excluding carboxylic acids is 2. The van der Waals surface area contributed by atoms with E-state index in [0.717, 1.165) is 21.0 Å². The predicted octanol–water partition coefficient (Wildman–Crippen LogP) is 5.10. The van der Waals surface area contributed by atoms with Crippen molar-refractivity contribution in [2.45, 2.75) is 51.6 Å². The quantitative estimate of drug-likeness (QED) is 0.357. The van der Waals surface area contributed by atoms with Crippen LogP contribution in [0, 0.1) is 13.8 Å². The number of anilines is 1. The summed E-state index contributed by atoms with van der Waals surface area (Å²) in [5.41, 5.74) is 3.21. The molecule has 0 aliphatic carbocycles. The molecule has 3 rings (SSSR count). The van der Waals surface area contributed by atoms with Crippen molar-refractivity contribution in [3.05, 3.63) is 94.5 Å².